The van der Waals surface area contributed by atoms with Crippen LogP contribution in [0, 0.1) is 0 Å². The smallest absolute Gasteiger partial charge is 0.213 e. The maximum absolute atomic E-state index is 5.12. The molecule has 1 N–H and O–H groups in total. The van der Waals surface area contributed by atoms with Gasteiger partial charge >= 0.3 is 0 Å². The Morgan fingerprint density at radius 3 is 2.76 bits per heavy atom. The van der Waals surface area contributed by atoms with Gasteiger partial charge in [0.15, 0.2) is 5.13 Å². The standard InChI is InChI=1S/C15H22N4OS/c1-4-19(5-2)15-18-11-13(21-15)10-16-9-12-6-7-17-14(8-12)20-3/h6-8,11,16H,4-5,9-10H2,1-3H3. The third kappa shape index (κ3) is 4.41. The summed E-state index contributed by atoms with van der Waals surface area (Å²) < 4.78 is 5.12. The highest BCUT2D eigenvalue weighted by Crippen LogP contribution is 2.22. The summed E-state index contributed by atoms with van der Waals surface area (Å²) in [4.78, 5) is 12.1. The first-order chi connectivity index (χ1) is 10.3. The Bertz CT molecular complexity index is 554. The summed E-state index contributed by atoms with van der Waals surface area (Å²) in [6, 6.07) is 3.94. The van der Waals surface area contributed by atoms with Gasteiger partial charge < -0.3 is 15.0 Å². The predicted molar refractivity (Wildman–Crippen MR) is 87.0 cm³/mol. The lowest BCUT2D eigenvalue weighted by Crippen LogP contribution is -2.21. The third-order valence-corrected chi connectivity index (χ3v) is 4.27. The molecule has 21 heavy (non-hydrogen) atoms. The molecule has 5 nitrogen and oxygen atoms in total. The molecule has 0 atom stereocenters. The van der Waals surface area contributed by atoms with Crippen molar-refractivity contribution in [1.82, 2.24) is 15.3 Å². The van der Waals surface area contributed by atoms with E-state index in [1.807, 2.05) is 18.3 Å². The lowest BCUT2D eigenvalue weighted by Gasteiger charge is -2.16. The summed E-state index contributed by atoms with van der Waals surface area (Å²) >= 11 is 1.75. The van der Waals surface area contributed by atoms with Crippen LogP contribution in [0.2, 0.25) is 0 Å². The van der Waals surface area contributed by atoms with E-state index >= 15 is 0 Å². The van der Waals surface area contributed by atoms with Crippen LogP contribution in [0.3, 0.4) is 0 Å². The van der Waals surface area contributed by atoms with Crippen molar-refractivity contribution in [2.24, 2.45) is 0 Å². The molecule has 2 rings (SSSR count). The van der Waals surface area contributed by atoms with Gasteiger partial charge in [0.1, 0.15) is 0 Å². The van der Waals surface area contributed by atoms with Gasteiger partial charge in [0.25, 0.3) is 0 Å². The van der Waals surface area contributed by atoms with Crippen LogP contribution in [-0.2, 0) is 13.1 Å². The lowest BCUT2D eigenvalue weighted by atomic mass is 10.2. The molecule has 0 unspecified atom stereocenters. The molecule has 0 spiro atoms. The summed E-state index contributed by atoms with van der Waals surface area (Å²) in [7, 11) is 1.63. The van der Waals surface area contributed by atoms with E-state index in [0.717, 1.165) is 36.9 Å². The molecule has 0 bridgehead atoms. The average Bonchev–Trinajstić information content (AvgIpc) is 2.97. The lowest BCUT2D eigenvalue weighted by molar-refractivity contribution is 0.397. The van der Waals surface area contributed by atoms with Crippen LogP contribution in [0.25, 0.3) is 0 Å². The van der Waals surface area contributed by atoms with Crippen molar-refractivity contribution in [3.8, 4) is 5.88 Å². The van der Waals surface area contributed by atoms with E-state index in [0.29, 0.717) is 5.88 Å². The molecule has 2 heterocycles. The Labute approximate surface area is 130 Å². The van der Waals surface area contributed by atoms with Crippen LogP contribution >= 0.6 is 11.3 Å². The number of pyridine rings is 1. The van der Waals surface area contributed by atoms with Crippen molar-refractivity contribution in [2.75, 3.05) is 25.1 Å². The zero-order chi connectivity index (χ0) is 15.1. The van der Waals surface area contributed by atoms with Crippen molar-refractivity contribution in [3.63, 3.8) is 0 Å². The second-order valence-electron chi connectivity index (χ2n) is 4.59. The van der Waals surface area contributed by atoms with Gasteiger partial charge in [-0.2, -0.15) is 0 Å². The zero-order valence-electron chi connectivity index (χ0n) is 12.8. The van der Waals surface area contributed by atoms with Crippen LogP contribution in [-0.4, -0.2) is 30.2 Å². The first-order valence-electron chi connectivity index (χ1n) is 7.16. The van der Waals surface area contributed by atoms with E-state index in [-0.39, 0.29) is 0 Å². The highest BCUT2D eigenvalue weighted by molar-refractivity contribution is 7.15. The molecule has 6 heteroatoms. The molecule has 0 saturated heterocycles. The SMILES string of the molecule is CCN(CC)c1ncc(CNCc2ccnc(OC)c2)s1. The van der Waals surface area contributed by atoms with E-state index in [4.69, 9.17) is 4.74 Å². The van der Waals surface area contributed by atoms with Gasteiger partial charge in [0.2, 0.25) is 5.88 Å². The number of nitrogens with one attached hydrogen (secondary N) is 1. The molecular weight excluding hydrogens is 284 g/mol. The fourth-order valence-corrected chi connectivity index (χ4v) is 3.03. The number of methoxy groups -OCH3 is 1. The summed E-state index contributed by atoms with van der Waals surface area (Å²) in [6.45, 7) is 7.90. The molecule has 0 aliphatic rings. The molecule has 2 aromatic rings. The van der Waals surface area contributed by atoms with Gasteiger partial charge in [-0.3, -0.25) is 0 Å². The van der Waals surface area contributed by atoms with Gasteiger partial charge in [0.05, 0.1) is 7.11 Å². The Hall–Kier alpha value is -1.66. The highest BCUT2D eigenvalue weighted by atomic mass is 32.1. The van der Waals surface area contributed by atoms with E-state index in [9.17, 15) is 0 Å². The Morgan fingerprint density at radius 2 is 2.05 bits per heavy atom. The van der Waals surface area contributed by atoms with Gasteiger partial charge in [-0.25, -0.2) is 9.97 Å². The number of thiazole rings is 1. The van der Waals surface area contributed by atoms with Crippen molar-refractivity contribution in [2.45, 2.75) is 26.9 Å². The highest BCUT2D eigenvalue weighted by Gasteiger charge is 2.07. The van der Waals surface area contributed by atoms with Crippen molar-refractivity contribution in [3.05, 3.63) is 35.0 Å². The minimum Gasteiger partial charge on any atom is -0.481 e. The first kappa shape index (κ1) is 15.7. The molecule has 2 aromatic heterocycles. The fraction of sp³-hybridized carbons (Fsp3) is 0.467. The first-order valence-corrected chi connectivity index (χ1v) is 7.97. The van der Waals surface area contributed by atoms with Gasteiger partial charge in [-0.1, -0.05) is 0 Å². The summed E-state index contributed by atoms with van der Waals surface area (Å²) in [6.07, 6.45) is 3.72. The van der Waals surface area contributed by atoms with Crippen LogP contribution < -0.4 is 15.0 Å². The second-order valence-corrected chi connectivity index (χ2v) is 5.69. The quantitative estimate of drug-likeness (QED) is 0.812. The van der Waals surface area contributed by atoms with Crippen LogP contribution in [0.4, 0.5) is 5.13 Å². The number of anilines is 1. The van der Waals surface area contributed by atoms with Gasteiger partial charge in [0, 0.05) is 49.5 Å². The topological polar surface area (TPSA) is 50.3 Å². The van der Waals surface area contributed by atoms with E-state index in [1.54, 1.807) is 24.6 Å². The average molecular weight is 306 g/mol. The molecule has 0 aliphatic carbocycles. The molecular formula is C15H22N4OS. The minimum absolute atomic E-state index is 0.649. The molecule has 114 valence electrons. The van der Waals surface area contributed by atoms with Crippen LogP contribution in [0.1, 0.15) is 24.3 Å². The third-order valence-electron chi connectivity index (χ3n) is 3.21. The summed E-state index contributed by atoms with van der Waals surface area (Å²) in [5, 5.41) is 4.53. The zero-order valence-corrected chi connectivity index (χ0v) is 13.6. The van der Waals surface area contributed by atoms with Crippen molar-refractivity contribution in [1.29, 1.82) is 0 Å². The Morgan fingerprint density at radius 1 is 1.24 bits per heavy atom. The molecule has 0 aliphatic heterocycles. The number of aromatic nitrogens is 2. The summed E-state index contributed by atoms with van der Waals surface area (Å²) in [5.41, 5.74) is 1.16. The van der Waals surface area contributed by atoms with Crippen LogP contribution in [0.5, 0.6) is 5.88 Å². The number of ether oxygens (including phenoxy) is 1. The van der Waals surface area contributed by atoms with E-state index in [1.165, 1.54) is 4.88 Å². The molecule has 0 saturated carbocycles. The van der Waals surface area contributed by atoms with Crippen molar-refractivity contribution < 1.29 is 4.74 Å². The fourth-order valence-electron chi connectivity index (χ4n) is 2.02. The van der Waals surface area contributed by atoms with Crippen LogP contribution in [0.15, 0.2) is 24.5 Å². The molecule has 0 radical (unpaired) electrons. The molecule has 0 fully saturated rings. The van der Waals surface area contributed by atoms with Gasteiger partial charge in [-0.05, 0) is 25.5 Å². The molecule has 0 aromatic carbocycles. The monoisotopic (exact) mass is 306 g/mol. The maximum Gasteiger partial charge on any atom is 0.213 e. The Balaban J connectivity index is 1.85. The number of hydrogen-bond donors (Lipinski definition) is 1. The normalized spacial score (nSPS) is 10.6. The maximum atomic E-state index is 5.12. The number of hydrogen-bond acceptors (Lipinski definition) is 6. The number of nitrogens with zero attached hydrogens (tertiary/aromatic N) is 3. The van der Waals surface area contributed by atoms with E-state index in [2.05, 4.69) is 34.0 Å². The van der Waals surface area contributed by atoms with E-state index < -0.39 is 0 Å². The largest absolute Gasteiger partial charge is 0.481 e. The molecule has 0 amide bonds. The summed E-state index contributed by atoms with van der Waals surface area (Å²) in [5.74, 6) is 0.649. The second kappa shape index (κ2) is 7.95. The van der Waals surface area contributed by atoms with Gasteiger partial charge in [-0.15, -0.1) is 11.3 Å². The minimum atomic E-state index is 0.649. The van der Waals surface area contributed by atoms with Crippen molar-refractivity contribution >= 4 is 16.5 Å². The predicted octanol–water partition coefficient (Wildman–Crippen LogP) is 2.68. The Kier molecular flexibility index (Phi) is 5.95. The number of rotatable bonds is 8.